The van der Waals surface area contributed by atoms with Crippen LogP contribution in [0, 0.1) is 0 Å². The van der Waals surface area contributed by atoms with E-state index in [1.807, 2.05) is 0 Å². The molecule has 2 N–H and O–H groups in total. The molecule has 1 aliphatic rings. The minimum absolute atomic E-state index is 0.0448. The van der Waals surface area contributed by atoms with Crippen LogP contribution in [-0.2, 0) is 9.53 Å². The average molecular weight is 153 g/mol. The van der Waals surface area contributed by atoms with E-state index < -0.39 is 0 Å². The number of hydrogen-bond donors (Lipinski definition) is 1. The number of carbonyl (C=O) groups is 1. The fraction of sp³-hybridized carbons (Fsp3) is 0.375. The molecule has 3 nitrogen and oxygen atoms in total. The fourth-order valence-corrected chi connectivity index (χ4v) is 0.906. The first-order chi connectivity index (χ1) is 5.24. The van der Waals surface area contributed by atoms with Gasteiger partial charge in [-0.25, -0.2) is 4.79 Å². The smallest absolute Gasteiger partial charge is 0.337 e. The van der Waals surface area contributed by atoms with Gasteiger partial charge in [-0.15, -0.1) is 0 Å². The normalized spacial score (nSPS) is 22.7. The highest BCUT2D eigenvalue weighted by atomic mass is 16.5. The summed E-state index contributed by atoms with van der Waals surface area (Å²) in [6.07, 6.45) is 5.99. The van der Waals surface area contributed by atoms with E-state index in [4.69, 9.17) is 5.73 Å². The van der Waals surface area contributed by atoms with Gasteiger partial charge < -0.3 is 10.5 Å². The van der Waals surface area contributed by atoms with Crippen molar-refractivity contribution in [2.75, 3.05) is 7.11 Å². The van der Waals surface area contributed by atoms with Gasteiger partial charge in [0.15, 0.2) is 0 Å². The second-order valence-electron chi connectivity index (χ2n) is 2.41. The summed E-state index contributed by atoms with van der Waals surface area (Å²) in [4.78, 5) is 10.9. The van der Waals surface area contributed by atoms with Crippen LogP contribution in [0.1, 0.15) is 6.42 Å². The Kier molecular flexibility index (Phi) is 2.44. The number of rotatable bonds is 1. The molecule has 0 spiro atoms. The quantitative estimate of drug-likeness (QED) is 0.554. The van der Waals surface area contributed by atoms with Crippen molar-refractivity contribution in [3.63, 3.8) is 0 Å². The van der Waals surface area contributed by atoms with E-state index in [-0.39, 0.29) is 12.0 Å². The number of methoxy groups -OCH3 is 1. The summed E-state index contributed by atoms with van der Waals surface area (Å²) in [6.45, 7) is 0. The van der Waals surface area contributed by atoms with Gasteiger partial charge in [-0.2, -0.15) is 0 Å². The minimum Gasteiger partial charge on any atom is -0.465 e. The largest absolute Gasteiger partial charge is 0.465 e. The molecule has 0 saturated carbocycles. The Hall–Kier alpha value is -1.09. The SMILES string of the molecule is COC(=O)C1=CCC(N)C=C1. The molecule has 1 unspecified atom stereocenters. The molecule has 0 saturated heterocycles. The van der Waals surface area contributed by atoms with Crippen LogP contribution in [0.4, 0.5) is 0 Å². The third kappa shape index (κ3) is 1.91. The lowest BCUT2D eigenvalue weighted by Gasteiger charge is -2.09. The molecule has 1 rings (SSSR count). The Bertz CT molecular complexity index is 218. The van der Waals surface area contributed by atoms with Crippen molar-refractivity contribution in [2.45, 2.75) is 12.5 Å². The van der Waals surface area contributed by atoms with Gasteiger partial charge in [0.2, 0.25) is 0 Å². The molecule has 0 bridgehead atoms. The predicted octanol–water partition coefficient (Wildman–Crippen LogP) is 0.373. The molecule has 0 radical (unpaired) electrons. The van der Waals surface area contributed by atoms with E-state index in [0.717, 1.165) is 0 Å². The van der Waals surface area contributed by atoms with Crippen LogP contribution >= 0.6 is 0 Å². The summed E-state index contributed by atoms with van der Waals surface area (Å²) in [5.74, 6) is -0.298. The van der Waals surface area contributed by atoms with Gasteiger partial charge >= 0.3 is 5.97 Å². The second-order valence-corrected chi connectivity index (χ2v) is 2.41. The minimum atomic E-state index is -0.298. The van der Waals surface area contributed by atoms with E-state index in [0.29, 0.717) is 12.0 Å². The number of esters is 1. The van der Waals surface area contributed by atoms with Gasteiger partial charge in [-0.1, -0.05) is 18.2 Å². The fourth-order valence-electron chi connectivity index (χ4n) is 0.906. The molecule has 0 aromatic heterocycles. The highest BCUT2D eigenvalue weighted by Crippen LogP contribution is 2.09. The molecule has 60 valence electrons. The molecule has 0 fully saturated rings. The number of hydrogen-bond acceptors (Lipinski definition) is 3. The monoisotopic (exact) mass is 153 g/mol. The van der Waals surface area contributed by atoms with Gasteiger partial charge in [0, 0.05) is 6.04 Å². The molecule has 0 amide bonds. The van der Waals surface area contributed by atoms with E-state index in [1.54, 1.807) is 18.2 Å². The van der Waals surface area contributed by atoms with Crippen molar-refractivity contribution in [3.05, 3.63) is 23.8 Å². The van der Waals surface area contributed by atoms with E-state index >= 15 is 0 Å². The zero-order chi connectivity index (χ0) is 8.27. The van der Waals surface area contributed by atoms with Crippen LogP contribution in [0.5, 0.6) is 0 Å². The van der Waals surface area contributed by atoms with Crippen molar-refractivity contribution >= 4 is 5.97 Å². The van der Waals surface area contributed by atoms with Crippen molar-refractivity contribution in [2.24, 2.45) is 5.73 Å². The number of carbonyl (C=O) groups excluding carboxylic acids is 1. The van der Waals surface area contributed by atoms with Gasteiger partial charge in [-0.05, 0) is 6.42 Å². The van der Waals surface area contributed by atoms with Gasteiger partial charge in [0.1, 0.15) is 0 Å². The Balaban J connectivity index is 2.63. The predicted molar refractivity (Wildman–Crippen MR) is 41.8 cm³/mol. The molecule has 0 aliphatic heterocycles. The van der Waals surface area contributed by atoms with Gasteiger partial charge in [-0.3, -0.25) is 0 Å². The molecule has 0 heterocycles. The molecule has 11 heavy (non-hydrogen) atoms. The Labute approximate surface area is 65.5 Å². The van der Waals surface area contributed by atoms with Crippen LogP contribution in [0.2, 0.25) is 0 Å². The molecule has 1 aliphatic carbocycles. The maximum absolute atomic E-state index is 10.9. The Morgan fingerprint density at radius 3 is 3.00 bits per heavy atom. The lowest BCUT2D eigenvalue weighted by molar-refractivity contribution is -0.135. The van der Waals surface area contributed by atoms with E-state index in [1.165, 1.54) is 7.11 Å². The zero-order valence-corrected chi connectivity index (χ0v) is 6.41. The Morgan fingerprint density at radius 1 is 1.82 bits per heavy atom. The summed E-state index contributed by atoms with van der Waals surface area (Å²) in [7, 11) is 1.37. The third-order valence-electron chi connectivity index (χ3n) is 1.55. The molecule has 1 atom stereocenters. The molecule has 0 aromatic rings. The van der Waals surface area contributed by atoms with Gasteiger partial charge in [0.05, 0.1) is 12.7 Å². The van der Waals surface area contributed by atoms with Crippen LogP contribution in [-0.4, -0.2) is 19.1 Å². The highest BCUT2D eigenvalue weighted by Gasteiger charge is 2.10. The molecular formula is C8H11NO2. The summed E-state index contributed by atoms with van der Waals surface area (Å²) >= 11 is 0. The van der Waals surface area contributed by atoms with Crippen molar-refractivity contribution in [3.8, 4) is 0 Å². The zero-order valence-electron chi connectivity index (χ0n) is 6.41. The number of nitrogens with two attached hydrogens (primary N) is 1. The van der Waals surface area contributed by atoms with Crippen LogP contribution in [0.25, 0.3) is 0 Å². The van der Waals surface area contributed by atoms with Crippen molar-refractivity contribution < 1.29 is 9.53 Å². The second kappa shape index (κ2) is 3.34. The van der Waals surface area contributed by atoms with Crippen LogP contribution < -0.4 is 5.73 Å². The lowest BCUT2D eigenvalue weighted by Crippen LogP contribution is -2.19. The van der Waals surface area contributed by atoms with Crippen LogP contribution in [0.15, 0.2) is 23.8 Å². The van der Waals surface area contributed by atoms with E-state index in [9.17, 15) is 4.79 Å². The molecular weight excluding hydrogens is 142 g/mol. The average Bonchev–Trinajstić information content (AvgIpc) is 2.05. The summed E-state index contributed by atoms with van der Waals surface area (Å²) < 4.78 is 4.53. The first-order valence-electron chi connectivity index (χ1n) is 3.46. The standard InChI is InChI=1S/C8H11NO2/c1-11-8(10)6-2-4-7(9)5-3-6/h2-4,7H,5,9H2,1H3. The Morgan fingerprint density at radius 2 is 2.55 bits per heavy atom. The van der Waals surface area contributed by atoms with Crippen molar-refractivity contribution in [1.82, 2.24) is 0 Å². The molecule has 0 aromatic carbocycles. The first-order valence-corrected chi connectivity index (χ1v) is 3.46. The summed E-state index contributed by atoms with van der Waals surface area (Å²) in [6, 6.07) is 0.0448. The summed E-state index contributed by atoms with van der Waals surface area (Å²) in [5, 5.41) is 0. The van der Waals surface area contributed by atoms with Crippen molar-refractivity contribution in [1.29, 1.82) is 0 Å². The number of ether oxygens (including phenoxy) is 1. The topological polar surface area (TPSA) is 52.3 Å². The summed E-state index contributed by atoms with van der Waals surface area (Å²) in [5.41, 5.74) is 6.15. The van der Waals surface area contributed by atoms with Gasteiger partial charge in [0.25, 0.3) is 0 Å². The van der Waals surface area contributed by atoms with Crippen LogP contribution in [0.3, 0.4) is 0 Å². The molecule has 3 heteroatoms. The first kappa shape index (κ1) is 8.01. The lowest BCUT2D eigenvalue weighted by atomic mass is 10.0. The maximum atomic E-state index is 10.9. The van der Waals surface area contributed by atoms with E-state index in [2.05, 4.69) is 4.74 Å². The highest BCUT2D eigenvalue weighted by molar-refractivity contribution is 5.91. The maximum Gasteiger partial charge on any atom is 0.337 e. The third-order valence-corrected chi connectivity index (χ3v) is 1.55.